The molecule has 8 heteroatoms. The molecule has 44 heavy (non-hydrogen) atoms. The molecule has 5 rings (SSSR count). The first-order valence-corrected chi connectivity index (χ1v) is 15.6. The van der Waals surface area contributed by atoms with Crippen molar-refractivity contribution in [2.24, 2.45) is 4.99 Å². The van der Waals surface area contributed by atoms with Crippen molar-refractivity contribution >= 4 is 29.6 Å². The van der Waals surface area contributed by atoms with Crippen LogP contribution in [0.15, 0.2) is 130 Å². The summed E-state index contributed by atoms with van der Waals surface area (Å²) in [7, 11) is 0. The number of nitrogens with one attached hydrogen (secondary N) is 2. The second-order valence-corrected chi connectivity index (χ2v) is 11.5. The van der Waals surface area contributed by atoms with Crippen LogP contribution in [0, 0.1) is 0 Å². The maximum absolute atomic E-state index is 13.9. The van der Waals surface area contributed by atoms with Crippen LogP contribution in [-0.4, -0.2) is 41.8 Å². The van der Waals surface area contributed by atoms with Crippen molar-refractivity contribution in [2.45, 2.75) is 47.7 Å². The Kier molecular flexibility index (Phi) is 10.9. The van der Waals surface area contributed by atoms with Crippen LogP contribution in [0.1, 0.15) is 36.5 Å². The van der Waals surface area contributed by atoms with E-state index in [4.69, 9.17) is 19.6 Å². The molecule has 0 unspecified atom stereocenters. The van der Waals surface area contributed by atoms with Gasteiger partial charge in [0.2, 0.25) is 5.90 Å². The summed E-state index contributed by atoms with van der Waals surface area (Å²) in [5, 5.41) is 9.00. The van der Waals surface area contributed by atoms with E-state index < -0.39 is 11.6 Å². The van der Waals surface area contributed by atoms with E-state index in [2.05, 4.69) is 35.1 Å². The lowest BCUT2D eigenvalue weighted by Gasteiger charge is -2.27. The molecular formula is C36H37N3O4S. The van der Waals surface area contributed by atoms with Crippen LogP contribution in [0.3, 0.4) is 0 Å². The number of hydrogen-bond donors (Lipinski definition) is 3. The minimum absolute atomic E-state index is 0.0809. The highest BCUT2D eigenvalue weighted by atomic mass is 32.2. The predicted octanol–water partition coefficient (Wildman–Crippen LogP) is 6.43. The zero-order valence-corrected chi connectivity index (χ0v) is 25.5. The number of hydrogen-bond acceptors (Lipinski definition) is 7. The molecule has 0 fully saturated rings. The number of aliphatic imine (C=N–C) groups is 1. The van der Waals surface area contributed by atoms with Gasteiger partial charge in [-0.3, -0.25) is 10.2 Å². The van der Waals surface area contributed by atoms with Gasteiger partial charge in [-0.2, -0.15) is 0 Å². The van der Waals surface area contributed by atoms with Gasteiger partial charge in [0.05, 0.1) is 6.61 Å². The summed E-state index contributed by atoms with van der Waals surface area (Å²) in [6.45, 7) is 2.84. The molecule has 0 radical (unpaired) electrons. The van der Waals surface area contributed by atoms with Crippen molar-refractivity contribution in [3.63, 3.8) is 0 Å². The lowest BCUT2D eigenvalue weighted by Crippen LogP contribution is -2.54. The fraction of sp³-hybridized carbons (Fsp3) is 0.222. The third kappa shape index (κ3) is 7.96. The summed E-state index contributed by atoms with van der Waals surface area (Å²) < 4.78 is 11.9. The molecule has 0 saturated carbocycles. The van der Waals surface area contributed by atoms with E-state index >= 15 is 0 Å². The van der Waals surface area contributed by atoms with E-state index in [1.165, 1.54) is 0 Å². The van der Waals surface area contributed by atoms with Crippen LogP contribution in [0.5, 0.6) is 5.75 Å². The first kappa shape index (κ1) is 31.1. The van der Waals surface area contributed by atoms with Gasteiger partial charge in [0.15, 0.2) is 5.54 Å². The molecular weight excluding hydrogens is 570 g/mol. The average molecular weight is 608 g/mol. The maximum atomic E-state index is 13.9. The Labute approximate surface area is 263 Å². The van der Waals surface area contributed by atoms with Gasteiger partial charge < -0.3 is 14.6 Å². The third-order valence-electron chi connectivity index (χ3n) is 7.29. The molecule has 1 aliphatic heterocycles. The standard InChI is InChI=1S/C36H37N3O4S/c1-27-36(23-10-14-28-12-4-2-5-13-28,38-34(43-27)29-19-21-31(22-20-29)42-25-11-24-40)35(41)39-37-26-30-15-8-9-18-33(30)44-32-16-6-3-7-17-32/h2-10,12-22,27,37,40H,11,23-26H2,1H3,(H,39,41)/b14-10+/t27-,36-/m0/s1. The van der Waals surface area contributed by atoms with Gasteiger partial charge in [-0.05, 0) is 60.5 Å². The summed E-state index contributed by atoms with van der Waals surface area (Å²) in [5.41, 5.74) is 7.77. The number of rotatable bonds is 14. The molecule has 0 saturated heterocycles. The molecule has 0 spiro atoms. The fourth-order valence-electron chi connectivity index (χ4n) is 4.82. The number of aliphatic hydroxyl groups is 1. The molecule has 226 valence electrons. The van der Waals surface area contributed by atoms with E-state index in [0.717, 1.165) is 26.5 Å². The molecule has 0 aliphatic carbocycles. The highest BCUT2D eigenvalue weighted by Crippen LogP contribution is 2.33. The largest absolute Gasteiger partial charge is 0.494 e. The van der Waals surface area contributed by atoms with Gasteiger partial charge in [0.1, 0.15) is 11.9 Å². The first-order chi connectivity index (χ1) is 21.6. The molecule has 3 N–H and O–H groups in total. The minimum atomic E-state index is -1.18. The van der Waals surface area contributed by atoms with E-state index in [9.17, 15) is 4.79 Å². The Hall–Kier alpha value is -4.37. The highest BCUT2D eigenvalue weighted by molar-refractivity contribution is 7.99. The first-order valence-electron chi connectivity index (χ1n) is 14.7. The number of ether oxygens (including phenoxy) is 2. The van der Waals surface area contributed by atoms with Crippen molar-refractivity contribution in [3.8, 4) is 5.75 Å². The van der Waals surface area contributed by atoms with Crippen LogP contribution in [0.4, 0.5) is 0 Å². The smallest absolute Gasteiger partial charge is 0.266 e. The molecule has 1 amide bonds. The van der Waals surface area contributed by atoms with Gasteiger partial charge >= 0.3 is 0 Å². The summed E-state index contributed by atoms with van der Waals surface area (Å²) in [5.74, 6) is 0.834. The second kappa shape index (κ2) is 15.4. The number of carbonyl (C=O) groups excluding carboxylic acids is 1. The molecule has 4 aromatic carbocycles. The van der Waals surface area contributed by atoms with Crippen molar-refractivity contribution in [3.05, 3.63) is 132 Å². The molecule has 0 bridgehead atoms. The summed E-state index contributed by atoms with van der Waals surface area (Å²) in [6, 6.07) is 35.7. The Morgan fingerprint density at radius 2 is 1.68 bits per heavy atom. The number of hydrazine groups is 1. The number of aliphatic hydroxyl groups excluding tert-OH is 1. The van der Waals surface area contributed by atoms with E-state index in [-0.39, 0.29) is 12.5 Å². The molecule has 2 atom stereocenters. The van der Waals surface area contributed by atoms with Gasteiger partial charge in [-0.15, -0.1) is 0 Å². The molecule has 7 nitrogen and oxygen atoms in total. The lowest BCUT2D eigenvalue weighted by molar-refractivity contribution is -0.129. The van der Waals surface area contributed by atoms with Gasteiger partial charge in [-0.1, -0.05) is 90.6 Å². The fourth-order valence-corrected chi connectivity index (χ4v) is 5.78. The van der Waals surface area contributed by atoms with Crippen LogP contribution in [0.25, 0.3) is 6.08 Å². The normalized spacial score (nSPS) is 17.7. The topological polar surface area (TPSA) is 92.2 Å². The van der Waals surface area contributed by atoms with Crippen LogP contribution >= 0.6 is 11.8 Å². The SMILES string of the molecule is C[C@@H]1OC(c2ccc(OCCCO)cc2)=N[C@]1(C/C=C/c1ccccc1)C(=O)NNCc1ccccc1Sc1ccccc1. The number of nitrogens with zero attached hydrogens (tertiary/aromatic N) is 1. The maximum Gasteiger partial charge on any atom is 0.266 e. The zero-order chi connectivity index (χ0) is 30.6. The molecule has 1 heterocycles. The number of benzene rings is 4. The monoisotopic (exact) mass is 607 g/mol. The zero-order valence-electron chi connectivity index (χ0n) is 24.7. The van der Waals surface area contributed by atoms with Gasteiger partial charge in [-0.25, -0.2) is 10.4 Å². The summed E-state index contributed by atoms with van der Waals surface area (Å²) in [6.07, 6.45) is 4.38. The van der Waals surface area contributed by atoms with Crippen molar-refractivity contribution in [1.29, 1.82) is 0 Å². The Morgan fingerprint density at radius 3 is 2.43 bits per heavy atom. The van der Waals surface area contributed by atoms with Crippen molar-refractivity contribution < 1.29 is 19.4 Å². The van der Waals surface area contributed by atoms with Crippen LogP contribution in [0.2, 0.25) is 0 Å². The molecule has 4 aromatic rings. The number of amides is 1. The highest BCUT2D eigenvalue weighted by Gasteiger charge is 2.49. The van der Waals surface area contributed by atoms with Crippen molar-refractivity contribution in [1.82, 2.24) is 10.9 Å². The minimum Gasteiger partial charge on any atom is -0.494 e. The van der Waals surface area contributed by atoms with E-state index in [1.807, 2.05) is 104 Å². The quantitative estimate of drug-likeness (QED) is 0.113. The molecule has 0 aromatic heterocycles. The van der Waals surface area contributed by atoms with Crippen LogP contribution in [-0.2, 0) is 16.1 Å². The predicted molar refractivity (Wildman–Crippen MR) is 176 cm³/mol. The summed E-state index contributed by atoms with van der Waals surface area (Å²) in [4.78, 5) is 21.1. The van der Waals surface area contributed by atoms with Crippen LogP contribution < -0.4 is 15.6 Å². The lowest BCUT2D eigenvalue weighted by atomic mass is 9.89. The summed E-state index contributed by atoms with van der Waals surface area (Å²) >= 11 is 1.69. The number of carbonyl (C=O) groups is 1. The second-order valence-electron chi connectivity index (χ2n) is 10.4. The third-order valence-corrected chi connectivity index (χ3v) is 8.42. The Morgan fingerprint density at radius 1 is 0.977 bits per heavy atom. The van der Waals surface area contributed by atoms with Gasteiger partial charge in [0.25, 0.3) is 5.91 Å². The average Bonchev–Trinajstić information content (AvgIpc) is 3.40. The van der Waals surface area contributed by atoms with Gasteiger partial charge in [0, 0.05) is 41.3 Å². The molecule has 1 aliphatic rings. The van der Waals surface area contributed by atoms with Crippen molar-refractivity contribution in [2.75, 3.05) is 13.2 Å². The van der Waals surface area contributed by atoms with E-state index in [0.29, 0.717) is 37.6 Å². The Bertz CT molecular complexity index is 1560. The Balaban J connectivity index is 1.32. The van der Waals surface area contributed by atoms with E-state index in [1.54, 1.807) is 11.8 Å².